The summed E-state index contributed by atoms with van der Waals surface area (Å²) < 4.78 is 5.07. The van der Waals surface area contributed by atoms with Gasteiger partial charge in [0.05, 0.1) is 12.6 Å². The highest BCUT2D eigenvalue weighted by Crippen LogP contribution is 2.15. The van der Waals surface area contributed by atoms with Gasteiger partial charge in [-0.2, -0.15) is 0 Å². The molecule has 0 saturated carbocycles. The molecule has 4 nitrogen and oxygen atoms in total. The predicted molar refractivity (Wildman–Crippen MR) is 64.3 cm³/mol. The van der Waals surface area contributed by atoms with E-state index in [1.54, 1.807) is 14.2 Å². The minimum absolute atomic E-state index is 0.0500. The third-order valence-electron chi connectivity index (χ3n) is 2.40. The summed E-state index contributed by atoms with van der Waals surface area (Å²) in [4.78, 5) is 11.7. The third-order valence-corrected chi connectivity index (χ3v) is 2.40. The number of anilines is 1. The lowest BCUT2D eigenvalue weighted by molar-refractivity contribution is -0.117. The van der Waals surface area contributed by atoms with E-state index >= 15 is 0 Å². The van der Waals surface area contributed by atoms with Crippen LogP contribution < -0.4 is 10.6 Å². The number of hydrogen-bond donors (Lipinski definition) is 2. The van der Waals surface area contributed by atoms with Gasteiger partial charge in [-0.1, -0.05) is 18.2 Å². The van der Waals surface area contributed by atoms with Gasteiger partial charge in [0.1, 0.15) is 0 Å². The molecule has 0 aromatic heterocycles. The SMILES string of the molecule is CNC(C)C(=O)Nc1ccccc1COC. The van der Waals surface area contributed by atoms with Gasteiger partial charge in [-0.15, -0.1) is 0 Å². The lowest BCUT2D eigenvalue weighted by Gasteiger charge is -2.13. The Morgan fingerprint density at radius 1 is 1.44 bits per heavy atom. The van der Waals surface area contributed by atoms with Gasteiger partial charge in [-0.25, -0.2) is 0 Å². The average molecular weight is 222 g/mol. The molecule has 0 spiro atoms. The highest BCUT2D eigenvalue weighted by atomic mass is 16.5. The standard InChI is InChI=1S/C12H18N2O2/c1-9(13-2)12(15)14-11-7-5-4-6-10(11)8-16-3/h4-7,9,13H,8H2,1-3H3,(H,14,15). The predicted octanol–water partition coefficient (Wildman–Crippen LogP) is 1.38. The van der Waals surface area contributed by atoms with Crippen LogP contribution in [0.15, 0.2) is 24.3 Å². The van der Waals surface area contributed by atoms with Crippen LogP contribution in [0.5, 0.6) is 0 Å². The summed E-state index contributed by atoms with van der Waals surface area (Å²) in [5.74, 6) is -0.0500. The maximum absolute atomic E-state index is 11.7. The molecule has 88 valence electrons. The zero-order valence-electron chi connectivity index (χ0n) is 9.91. The Morgan fingerprint density at radius 3 is 2.75 bits per heavy atom. The fourth-order valence-corrected chi connectivity index (χ4v) is 1.30. The molecule has 0 aliphatic heterocycles. The molecular formula is C12H18N2O2. The van der Waals surface area contributed by atoms with Gasteiger partial charge in [0.15, 0.2) is 0 Å². The summed E-state index contributed by atoms with van der Waals surface area (Å²) in [5, 5.41) is 5.76. The van der Waals surface area contributed by atoms with Crippen LogP contribution in [0.4, 0.5) is 5.69 Å². The van der Waals surface area contributed by atoms with Gasteiger partial charge in [0.2, 0.25) is 5.91 Å². The fourth-order valence-electron chi connectivity index (χ4n) is 1.30. The number of nitrogens with one attached hydrogen (secondary N) is 2. The quantitative estimate of drug-likeness (QED) is 0.791. The Labute approximate surface area is 96.0 Å². The van der Waals surface area contributed by atoms with Crippen LogP contribution in [0.25, 0.3) is 0 Å². The first kappa shape index (κ1) is 12.7. The molecule has 0 fully saturated rings. The first-order chi connectivity index (χ1) is 7.69. The number of methoxy groups -OCH3 is 1. The van der Waals surface area contributed by atoms with Gasteiger partial charge in [0, 0.05) is 18.4 Å². The minimum Gasteiger partial charge on any atom is -0.380 e. The molecule has 1 unspecified atom stereocenters. The van der Waals surface area contributed by atoms with Crippen molar-refractivity contribution in [1.29, 1.82) is 0 Å². The van der Waals surface area contributed by atoms with E-state index in [2.05, 4.69) is 10.6 Å². The number of carbonyl (C=O) groups excluding carboxylic acids is 1. The maximum atomic E-state index is 11.7. The van der Waals surface area contributed by atoms with Crippen LogP contribution in [-0.2, 0) is 16.1 Å². The molecular weight excluding hydrogens is 204 g/mol. The van der Waals surface area contributed by atoms with Crippen LogP contribution in [0.1, 0.15) is 12.5 Å². The van der Waals surface area contributed by atoms with Crippen LogP contribution in [-0.4, -0.2) is 26.1 Å². The number of carbonyl (C=O) groups is 1. The summed E-state index contributed by atoms with van der Waals surface area (Å²) in [6, 6.07) is 7.40. The lowest BCUT2D eigenvalue weighted by Crippen LogP contribution is -2.35. The average Bonchev–Trinajstić information content (AvgIpc) is 2.31. The van der Waals surface area contributed by atoms with Gasteiger partial charge < -0.3 is 15.4 Å². The number of likely N-dealkylation sites (N-methyl/N-ethyl adjacent to an activating group) is 1. The minimum atomic E-state index is -0.212. The highest BCUT2D eigenvalue weighted by Gasteiger charge is 2.11. The summed E-state index contributed by atoms with van der Waals surface area (Å²) >= 11 is 0. The second-order valence-electron chi connectivity index (χ2n) is 3.59. The van der Waals surface area contributed by atoms with Crippen LogP contribution in [0.2, 0.25) is 0 Å². The maximum Gasteiger partial charge on any atom is 0.241 e. The van der Waals surface area contributed by atoms with Gasteiger partial charge >= 0.3 is 0 Å². The molecule has 1 aromatic rings. The van der Waals surface area contributed by atoms with E-state index in [0.29, 0.717) is 6.61 Å². The molecule has 16 heavy (non-hydrogen) atoms. The van der Waals surface area contributed by atoms with Crippen molar-refractivity contribution in [2.75, 3.05) is 19.5 Å². The number of hydrogen-bond acceptors (Lipinski definition) is 3. The topological polar surface area (TPSA) is 50.4 Å². The smallest absolute Gasteiger partial charge is 0.241 e. The first-order valence-corrected chi connectivity index (χ1v) is 5.24. The van der Waals surface area contributed by atoms with Gasteiger partial charge in [-0.3, -0.25) is 4.79 Å². The van der Waals surface area contributed by atoms with Crippen molar-refractivity contribution < 1.29 is 9.53 Å². The number of para-hydroxylation sites is 1. The van der Waals surface area contributed by atoms with Crippen molar-refractivity contribution in [1.82, 2.24) is 5.32 Å². The van der Waals surface area contributed by atoms with Crippen LogP contribution in [0, 0.1) is 0 Å². The lowest BCUT2D eigenvalue weighted by atomic mass is 10.2. The largest absolute Gasteiger partial charge is 0.380 e. The molecule has 2 N–H and O–H groups in total. The highest BCUT2D eigenvalue weighted by molar-refractivity contribution is 5.95. The Kier molecular flexibility index (Phi) is 4.95. The molecule has 0 radical (unpaired) electrons. The fraction of sp³-hybridized carbons (Fsp3) is 0.417. The van der Waals surface area contributed by atoms with E-state index in [9.17, 15) is 4.79 Å². The molecule has 0 bridgehead atoms. The van der Waals surface area contributed by atoms with Gasteiger partial charge in [-0.05, 0) is 20.0 Å². The normalized spacial score (nSPS) is 12.2. The van der Waals surface area contributed by atoms with Gasteiger partial charge in [0.25, 0.3) is 0 Å². The molecule has 0 aliphatic rings. The molecule has 1 atom stereocenters. The van der Waals surface area contributed by atoms with Crippen molar-refractivity contribution in [3.05, 3.63) is 29.8 Å². The van der Waals surface area contributed by atoms with Crippen molar-refractivity contribution in [3.8, 4) is 0 Å². The van der Waals surface area contributed by atoms with Crippen molar-refractivity contribution in [2.45, 2.75) is 19.6 Å². The van der Waals surface area contributed by atoms with E-state index < -0.39 is 0 Å². The summed E-state index contributed by atoms with van der Waals surface area (Å²) in [6.07, 6.45) is 0. The third kappa shape index (κ3) is 3.32. The Hall–Kier alpha value is -1.39. The van der Waals surface area contributed by atoms with E-state index in [-0.39, 0.29) is 11.9 Å². The zero-order valence-corrected chi connectivity index (χ0v) is 9.91. The van der Waals surface area contributed by atoms with E-state index in [4.69, 9.17) is 4.74 Å². The Morgan fingerprint density at radius 2 is 2.12 bits per heavy atom. The van der Waals surface area contributed by atoms with Crippen molar-refractivity contribution >= 4 is 11.6 Å². The van der Waals surface area contributed by atoms with Crippen LogP contribution >= 0.6 is 0 Å². The van der Waals surface area contributed by atoms with E-state index in [1.165, 1.54) is 0 Å². The zero-order chi connectivity index (χ0) is 12.0. The molecule has 4 heteroatoms. The number of benzene rings is 1. The Balaban J connectivity index is 2.76. The van der Waals surface area contributed by atoms with Crippen molar-refractivity contribution in [2.24, 2.45) is 0 Å². The summed E-state index contributed by atoms with van der Waals surface area (Å²) in [7, 11) is 3.39. The first-order valence-electron chi connectivity index (χ1n) is 5.24. The second-order valence-corrected chi connectivity index (χ2v) is 3.59. The molecule has 1 amide bonds. The molecule has 0 saturated heterocycles. The number of rotatable bonds is 5. The molecule has 0 aliphatic carbocycles. The second kappa shape index (κ2) is 6.25. The van der Waals surface area contributed by atoms with E-state index in [0.717, 1.165) is 11.3 Å². The number of amides is 1. The number of ether oxygens (including phenoxy) is 1. The Bertz CT molecular complexity index is 353. The molecule has 1 rings (SSSR count). The molecule has 1 aromatic carbocycles. The van der Waals surface area contributed by atoms with E-state index in [1.807, 2.05) is 31.2 Å². The summed E-state index contributed by atoms with van der Waals surface area (Å²) in [5.41, 5.74) is 1.78. The molecule has 0 heterocycles. The van der Waals surface area contributed by atoms with Crippen molar-refractivity contribution in [3.63, 3.8) is 0 Å². The summed E-state index contributed by atoms with van der Waals surface area (Å²) in [6.45, 7) is 2.30. The monoisotopic (exact) mass is 222 g/mol. The van der Waals surface area contributed by atoms with Crippen LogP contribution in [0.3, 0.4) is 0 Å².